The summed E-state index contributed by atoms with van der Waals surface area (Å²) >= 11 is 0. The molecule has 0 aliphatic carbocycles. The van der Waals surface area contributed by atoms with Crippen LogP contribution in [-0.2, 0) is 0 Å². The number of rotatable bonds is 2. The summed E-state index contributed by atoms with van der Waals surface area (Å²) in [5, 5.41) is 37.8. The minimum absolute atomic E-state index is 0.0875. The second-order valence-corrected chi connectivity index (χ2v) is 7.97. The van der Waals surface area contributed by atoms with E-state index in [1.807, 2.05) is 0 Å². The van der Waals surface area contributed by atoms with Crippen molar-refractivity contribution in [3.8, 4) is 35.8 Å². The third kappa shape index (κ3) is 4.20. The van der Waals surface area contributed by atoms with Gasteiger partial charge < -0.3 is 18.3 Å². The normalized spacial score (nSPS) is 11.7. The molecule has 0 spiro atoms. The number of hydrogen-bond donors (Lipinski definition) is 0. The maximum absolute atomic E-state index is 12.9. The number of furan rings is 2. The van der Waals surface area contributed by atoms with E-state index < -0.39 is 35.4 Å². The average Bonchev–Trinajstić information content (AvgIpc) is 3.42. The average molecular weight is 552 g/mol. The van der Waals surface area contributed by atoms with Crippen molar-refractivity contribution in [3.63, 3.8) is 0 Å². The van der Waals surface area contributed by atoms with E-state index in [-0.39, 0.29) is 54.3 Å². The zero-order valence-corrected chi connectivity index (χ0v) is 19.2. The van der Waals surface area contributed by atoms with Crippen LogP contribution in [0.5, 0.6) is 11.5 Å². The molecule has 3 aromatic carbocycles. The maximum atomic E-state index is 12.9. The summed E-state index contributed by atoms with van der Waals surface area (Å²) in [6.45, 7) is 0. The van der Waals surface area contributed by atoms with Crippen LogP contribution in [0.15, 0.2) is 45.2 Å². The smallest absolute Gasteiger partial charge is 0.455 e. The second-order valence-electron chi connectivity index (χ2n) is 7.97. The third-order valence-electron chi connectivity index (χ3n) is 5.69. The van der Waals surface area contributed by atoms with E-state index in [0.29, 0.717) is 0 Å². The van der Waals surface area contributed by atoms with Crippen LogP contribution in [0, 0.1) is 45.3 Å². The fourth-order valence-electron chi connectivity index (χ4n) is 4.37. The van der Waals surface area contributed by atoms with Gasteiger partial charge in [0.05, 0.1) is 10.4 Å². The van der Waals surface area contributed by atoms with Crippen molar-refractivity contribution in [3.05, 3.63) is 46.8 Å². The Balaban J connectivity index is 2.13. The van der Waals surface area contributed by atoms with Crippen LogP contribution in [0.25, 0.3) is 55.0 Å². The van der Waals surface area contributed by atoms with Gasteiger partial charge >= 0.3 is 12.7 Å². The van der Waals surface area contributed by atoms with Gasteiger partial charge in [-0.25, -0.2) is 0 Å². The van der Waals surface area contributed by atoms with Crippen LogP contribution in [0.1, 0.15) is 0 Å². The molecule has 0 amide bonds. The van der Waals surface area contributed by atoms with Gasteiger partial charge in [0.1, 0.15) is 69.3 Å². The second kappa shape index (κ2) is 8.87. The molecule has 0 saturated heterocycles. The van der Waals surface area contributed by atoms with Gasteiger partial charge in [0.15, 0.2) is 0 Å². The first-order valence-electron chi connectivity index (χ1n) is 10.6. The highest BCUT2D eigenvalue weighted by atomic mass is 19.4. The van der Waals surface area contributed by atoms with Gasteiger partial charge in [-0.15, -0.1) is 26.3 Å². The van der Waals surface area contributed by atoms with Crippen LogP contribution in [-0.4, -0.2) is 12.7 Å². The molecule has 2 heterocycles. The zero-order valence-electron chi connectivity index (χ0n) is 19.2. The molecule has 0 N–H and O–H groups in total. The number of benzene rings is 3. The van der Waals surface area contributed by atoms with Crippen LogP contribution >= 0.6 is 0 Å². The first kappa shape index (κ1) is 25.8. The molecular weight excluding hydrogens is 546 g/mol. The summed E-state index contributed by atoms with van der Waals surface area (Å²) < 4.78 is 97.1. The van der Waals surface area contributed by atoms with E-state index >= 15 is 0 Å². The largest absolute Gasteiger partial charge is 0.573 e. The fraction of sp³-hybridized carbons (Fsp3) is 0.0769. The van der Waals surface area contributed by atoms with Crippen molar-refractivity contribution in [2.75, 3.05) is 0 Å². The van der Waals surface area contributed by atoms with Crippen molar-refractivity contribution in [2.45, 2.75) is 12.7 Å². The third-order valence-corrected chi connectivity index (χ3v) is 5.69. The van der Waals surface area contributed by atoms with Crippen LogP contribution in [0.4, 0.5) is 26.3 Å². The Morgan fingerprint density at radius 3 is 1.25 bits per heavy atom. The number of halogens is 6. The quantitative estimate of drug-likeness (QED) is 0.255. The van der Waals surface area contributed by atoms with Gasteiger partial charge in [0.25, 0.3) is 0 Å². The van der Waals surface area contributed by atoms with E-state index in [1.54, 1.807) is 24.3 Å². The van der Waals surface area contributed by atoms with Crippen LogP contribution < -0.4 is 19.9 Å². The highest BCUT2D eigenvalue weighted by Gasteiger charge is 2.33. The van der Waals surface area contributed by atoms with Crippen molar-refractivity contribution in [1.29, 1.82) is 21.0 Å². The summed E-state index contributed by atoms with van der Waals surface area (Å²) in [4.78, 5) is 0. The number of fused-ring (bicyclic) bond motifs is 6. The summed E-state index contributed by atoms with van der Waals surface area (Å²) in [6, 6.07) is 12.5. The molecule has 0 unspecified atom stereocenters. The minimum Gasteiger partial charge on any atom is -0.455 e. The maximum Gasteiger partial charge on any atom is 0.573 e. The molecule has 196 valence electrons. The van der Waals surface area contributed by atoms with Gasteiger partial charge in [-0.1, -0.05) is 0 Å². The van der Waals surface area contributed by atoms with Gasteiger partial charge in [-0.2, -0.15) is 21.0 Å². The molecule has 0 bridgehead atoms. The molecule has 0 saturated carbocycles. The van der Waals surface area contributed by atoms with E-state index in [9.17, 15) is 47.4 Å². The molecule has 0 aliphatic heterocycles. The Labute approximate surface area is 216 Å². The Bertz CT molecular complexity index is 2010. The molecule has 0 fully saturated rings. The fourth-order valence-corrected chi connectivity index (χ4v) is 4.37. The molecule has 5 aromatic rings. The SMILES string of the molecule is N#CC(C#N)=c1c2oc3ccc(OC(F)(F)F)cc3c2c(=C(C#N)C#N)c2oc3ccc(OC(F)(F)F)cc3c12. The predicted molar refractivity (Wildman–Crippen MR) is 123 cm³/mol. The zero-order chi connectivity index (χ0) is 29.0. The van der Waals surface area contributed by atoms with Crippen molar-refractivity contribution in [2.24, 2.45) is 0 Å². The van der Waals surface area contributed by atoms with E-state index in [1.165, 1.54) is 0 Å². The molecule has 14 heteroatoms. The highest BCUT2D eigenvalue weighted by Crippen LogP contribution is 2.36. The molecule has 2 aromatic heterocycles. The number of nitrogens with zero attached hydrogens (tertiary/aromatic N) is 4. The lowest BCUT2D eigenvalue weighted by Crippen LogP contribution is -2.17. The molecule has 40 heavy (non-hydrogen) atoms. The Kier molecular flexibility index (Phi) is 5.71. The van der Waals surface area contributed by atoms with Crippen molar-refractivity contribution in [1.82, 2.24) is 0 Å². The van der Waals surface area contributed by atoms with Gasteiger partial charge in [0.2, 0.25) is 0 Å². The van der Waals surface area contributed by atoms with Gasteiger partial charge in [-0.05, 0) is 36.4 Å². The standard InChI is InChI=1S/C26H6F6N4O4/c27-25(28,29)39-13-1-3-17-15(5-13)21-19(11(7-33)8-34)24-22(20(23(21)37-17)12(9-35)10-36)16-6-14(40-26(30,31)32)2-4-18(16)38-24/h1-6H. The lowest BCUT2D eigenvalue weighted by Gasteiger charge is -2.08. The summed E-state index contributed by atoms with van der Waals surface area (Å²) in [7, 11) is 0. The summed E-state index contributed by atoms with van der Waals surface area (Å²) in [6.07, 6.45) is -10.1. The molecule has 0 radical (unpaired) electrons. The Hall–Kier alpha value is -5.86. The van der Waals surface area contributed by atoms with Crippen LogP contribution in [0.3, 0.4) is 0 Å². The lowest BCUT2D eigenvalue weighted by atomic mass is 9.98. The molecular formula is C26H6F6N4O4. The van der Waals surface area contributed by atoms with Crippen molar-refractivity contribution < 1.29 is 44.7 Å². The highest BCUT2D eigenvalue weighted by molar-refractivity contribution is 6.18. The number of hydrogen-bond acceptors (Lipinski definition) is 8. The Morgan fingerprint density at radius 2 is 0.950 bits per heavy atom. The predicted octanol–water partition coefficient (Wildman–Crippen LogP) is 5.68. The van der Waals surface area contributed by atoms with Crippen LogP contribution in [0.2, 0.25) is 0 Å². The monoisotopic (exact) mass is 552 g/mol. The number of alkyl halides is 6. The van der Waals surface area contributed by atoms with Crippen molar-refractivity contribution >= 4 is 55.0 Å². The molecule has 0 atom stereocenters. The van der Waals surface area contributed by atoms with E-state index in [0.717, 1.165) is 36.4 Å². The molecule has 8 nitrogen and oxygen atoms in total. The van der Waals surface area contributed by atoms with E-state index in [2.05, 4.69) is 9.47 Å². The summed E-state index contributed by atoms with van der Waals surface area (Å²) in [5.41, 5.74) is -2.01. The number of nitriles is 4. The minimum atomic E-state index is -5.07. The van der Waals surface area contributed by atoms with E-state index in [4.69, 9.17) is 8.83 Å². The number of ether oxygens (including phenoxy) is 2. The molecule has 0 aliphatic rings. The first-order valence-corrected chi connectivity index (χ1v) is 10.6. The van der Waals surface area contributed by atoms with Gasteiger partial charge in [0, 0.05) is 21.5 Å². The van der Waals surface area contributed by atoms with Gasteiger partial charge in [-0.3, -0.25) is 0 Å². The lowest BCUT2D eigenvalue weighted by molar-refractivity contribution is -0.275. The molecule has 5 rings (SSSR count). The topological polar surface area (TPSA) is 140 Å². The summed E-state index contributed by atoms with van der Waals surface area (Å²) in [5.74, 6) is -1.37. The Morgan fingerprint density at radius 1 is 0.600 bits per heavy atom. The first-order chi connectivity index (χ1) is 18.9.